The van der Waals surface area contributed by atoms with E-state index in [-0.39, 0.29) is 5.75 Å². The van der Waals surface area contributed by atoms with Crippen LogP contribution >= 0.6 is 0 Å². The molecule has 0 aliphatic rings. The van der Waals surface area contributed by atoms with Crippen molar-refractivity contribution in [2.75, 3.05) is 37.8 Å². The first-order valence-electron chi connectivity index (χ1n) is 7.15. The molecule has 0 heterocycles. The Hall–Kier alpha value is -1.49. The zero-order chi connectivity index (χ0) is 15.1. The van der Waals surface area contributed by atoms with Gasteiger partial charge in [-0.25, -0.2) is 4.39 Å². The largest absolute Gasteiger partial charge is 0.491 e. The highest BCUT2D eigenvalue weighted by Crippen LogP contribution is 2.28. The average molecular weight is 283 g/mol. The van der Waals surface area contributed by atoms with E-state index in [1.165, 1.54) is 6.07 Å². The zero-order valence-corrected chi connectivity index (χ0v) is 12.9. The number of likely N-dealkylation sites (N-methyl/N-ethyl adjacent to an activating group) is 1. The maximum Gasteiger partial charge on any atom is 0.167 e. The van der Waals surface area contributed by atoms with Crippen molar-refractivity contribution in [2.45, 2.75) is 33.2 Å². The molecule has 1 aromatic rings. The first-order chi connectivity index (χ1) is 9.49. The first-order valence-corrected chi connectivity index (χ1v) is 7.15. The Labute approximate surface area is 121 Å². The summed E-state index contributed by atoms with van der Waals surface area (Å²) in [5, 5.41) is 3.24. The fourth-order valence-corrected chi connectivity index (χ4v) is 1.89. The number of nitrogens with one attached hydrogen (secondary N) is 1. The number of nitrogen functional groups attached to an aromatic ring is 1. The minimum Gasteiger partial charge on any atom is -0.491 e. The van der Waals surface area contributed by atoms with E-state index in [1.807, 2.05) is 6.92 Å². The fourth-order valence-electron chi connectivity index (χ4n) is 1.89. The molecule has 0 saturated heterocycles. The third-order valence-electron chi connectivity index (χ3n) is 3.53. The Morgan fingerprint density at radius 2 is 2.10 bits per heavy atom. The number of anilines is 2. The molecule has 1 aromatic carbocycles. The van der Waals surface area contributed by atoms with Crippen molar-refractivity contribution in [3.63, 3.8) is 0 Å². The van der Waals surface area contributed by atoms with Crippen LogP contribution in [0.25, 0.3) is 0 Å². The molecular formula is C15H26FN3O. The zero-order valence-electron chi connectivity index (χ0n) is 12.9. The summed E-state index contributed by atoms with van der Waals surface area (Å²) in [5.74, 6) is -0.189. The van der Waals surface area contributed by atoms with Gasteiger partial charge in [-0.05, 0) is 27.3 Å². The third-order valence-corrected chi connectivity index (χ3v) is 3.53. The van der Waals surface area contributed by atoms with Crippen molar-refractivity contribution in [3.8, 4) is 5.75 Å². The molecule has 0 bridgehead atoms. The summed E-state index contributed by atoms with van der Waals surface area (Å²) in [6, 6.07) is 3.46. The lowest BCUT2D eigenvalue weighted by Crippen LogP contribution is -2.32. The van der Waals surface area contributed by atoms with Crippen LogP contribution in [0.1, 0.15) is 27.2 Å². The van der Waals surface area contributed by atoms with Crippen LogP contribution < -0.4 is 15.8 Å². The minimum absolute atomic E-state index is 0.236. The smallest absolute Gasteiger partial charge is 0.167 e. The van der Waals surface area contributed by atoms with Crippen molar-refractivity contribution >= 4 is 11.4 Å². The van der Waals surface area contributed by atoms with Gasteiger partial charge in [-0.2, -0.15) is 0 Å². The van der Waals surface area contributed by atoms with Crippen LogP contribution in [0.3, 0.4) is 0 Å². The lowest BCUT2D eigenvalue weighted by atomic mass is 10.2. The molecule has 0 aromatic heterocycles. The summed E-state index contributed by atoms with van der Waals surface area (Å²) in [6.07, 6.45) is 1.11. The number of nitrogens with two attached hydrogens (primary N) is 1. The molecule has 0 spiro atoms. The molecule has 0 fully saturated rings. The molecule has 20 heavy (non-hydrogen) atoms. The fraction of sp³-hybridized carbons (Fsp3) is 0.600. The predicted molar refractivity (Wildman–Crippen MR) is 82.9 cm³/mol. The quantitative estimate of drug-likeness (QED) is 0.720. The van der Waals surface area contributed by atoms with E-state index in [1.54, 1.807) is 6.07 Å². The van der Waals surface area contributed by atoms with Gasteiger partial charge < -0.3 is 20.7 Å². The highest BCUT2D eigenvalue weighted by atomic mass is 19.1. The van der Waals surface area contributed by atoms with E-state index in [0.717, 1.165) is 19.5 Å². The van der Waals surface area contributed by atoms with Crippen LogP contribution in [-0.4, -0.2) is 37.7 Å². The van der Waals surface area contributed by atoms with Crippen molar-refractivity contribution < 1.29 is 9.13 Å². The second kappa shape index (κ2) is 7.94. The van der Waals surface area contributed by atoms with Gasteiger partial charge in [0.05, 0.1) is 18.0 Å². The standard InChI is InChI=1S/C15H26FN3O/c1-5-11(3)19(4)8-7-18-14-10-15(20-6-2)12(16)9-13(14)17/h9-11,18H,5-8,17H2,1-4H3. The monoisotopic (exact) mass is 283 g/mol. The van der Waals surface area contributed by atoms with Crippen LogP contribution in [0.5, 0.6) is 5.75 Å². The maximum atomic E-state index is 13.6. The molecule has 4 nitrogen and oxygen atoms in total. The van der Waals surface area contributed by atoms with Gasteiger partial charge in [0.1, 0.15) is 0 Å². The highest BCUT2D eigenvalue weighted by Gasteiger charge is 2.10. The summed E-state index contributed by atoms with van der Waals surface area (Å²) in [5.41, 5.74) is 6.93. The van der Waals surface area contributed by atoms with Gasteiger partial charge in [0.15, 0.2) is 11.6 Å². The van der Waals surface area contributed by atoms with E-state index >= 15 is 0 Å². The number of rotatable bonds is 8. The van der Waals surface area contributed by atoms with Crippen molar-refractivity contribution in [2.24, 2.45) is 0 Å². The Bertz CT molecular complexity index is 426. The summed E-state index contributed by atoms with van der Waals surface area (Å²) < 4.78 is 18.8. The SMILES string of the molecule is CCOc1cc(NCCN(C)C(C)CC)c(N)cc1F. The number of hydrogen-bond donors (Lipinski definition) is 2. The van der Waals surface area contributed by atoms with Crippen molar-refractivity contribution in [1.29, 1.82) is 0 Å². The van der Waals surface area contributed by atoms with Crippen LogP contribution in [0.15, 0.2) is 12.1 Å². The minimum atomic E-state index is -0.424. The molecule has 0 saturated carbocycles. The second-order valence-electron chi connectivity index (χ2n) is 4.97. The Kier molecular flexibility index (Phi) is 6.58. The van der Waals surface area contributed by atoms with E-state index in [0.29, 0.717) is 24.0 Å². The van der Waals surface area contributed by atoms with Crippen LogP contribution in [-0.2, 0) is 0 Å². The lowest BCUT2D eigenvalue weighted by Gasteiger charge is -2.24. The van der Waals surface area contributed by atoms with E-state index < -0.39 is 5.82 Å². The Balaban J connectivity index is 2.61. The lowest BCUT2D eigenvalue weighted by molar-refractivity contribution is 0.261. The topological polar surface area (TPSA) is 50.5 Å². The number of halogens is 1. The number of benzene rings is 1. The molecule has 0 aliphatic carbocycles. The third kappa shape index (κ3) is 4.56. The number of hydrogen-bond acceptors (Lipinski definition) is 4. The average Bonchev–Trinajstić information content (AvgIpc) is 2.42. The number of nitrogens with zero attached hydrogens (tertiary/aromatic N) is 1. The van der Waals surface area contributed by atoms with Crippen molar-refractivity contribution in [1.82, 2.24) is 4.90 Å². The molecule has 1 atom stereocenters. The van der Waals surface area contributed by atoms with Gasteiger partial charge in [-0.15, -0.1) is 0 Å². The normalized spacial score (nSPS) is 12.5. The maximum absolute atomic E-state index is 13.6. The van der Waals surface area contributed by atoms with Gasteiger partial charge in [-0.1, -0.05) is 6.92 Å². The Morgan fingerprint density at radius 1 is 1.40 bits per heavy atom. The van der Waals surface area contributed by atoms with Crippen molar-refractivity contribution in [3.05, 3.63) is 17.9 Å². The molecule has 0 radical (unpaired) electrons. The summed E-state index contributed by atoms with van der Waals surface area (Å²) in [4.78, 5) is 2.27. The summed E-state index contributed by atoms with van der Waals surface area (Å²) in [7, 11) is 2.09. The second-order valence-corrected chi connectivity index (χ2v) is 4.97. The van der Waals surface area contributed by atoms with E-state index in [4.69, 9.17) is 10.5 Å². The van der Waals surface area contributed by atoms with Gasteiger partial charge in [0, 0.05) is 31.3 Å². The molecule has 5 heteroatoms. The number of ether oxygens (including phenoxy) is 1. The van der Waals surface area contributed by atoms with Crippen LogP contribution in [0.4, 0.5) is 15.8 Å². The molecule has 0 amide bonds. The van der Waals surface area contributed by atoms with Crippen LogP contribution in [0.2, 0.25) is 0 Å². The molecule has 3 N–H and O–H groups in total. The van der Waals surface area contributed by atoms with Gasteiger partial charge in [0.2, 0.25) is 0 Å². The van der Waals surface area contributed by atoms with Gasteiger partial charge in [0.25, 0.3) is 0 Å². The molecule has 1 rings (SSSR count). The predicted octanol–water partition coefficient (Wildman–Crippen LogP) is 2.95. The molecule has 114 valence electrons. The van der Waals surface area contributed by atoms with E-state index in [9.17, 15) is 4.39 Å². The van der Waals surface area contributed by atoms with E-state index in [2.05, 4.69) is 31.1 Å². The van der Waals surface area contributed by atoms with Gasteiger partial charge in [-0.3, -0.25) is 0 Å². The molecule has 0 aliphatic heterocycles. The summed E-state index contributed by atoms with van der Waals surface area (Å²) >= 11 is 0. The summed E-state index contributed by atoms with van der Waals surface area (Å²) in [6.45, 7) is 8.26. The first kappa shape index (κ1) is 16.6. The van der Waals surface area contributed by atoms with Crippen LogP contribution in [0, 0.1) is 5.82 Å². The highest BCUT2D eigenvalue weighted by molar-refractivity contribution is 5.68. The molecular weight excluding hydrogens is 257 g/mol. The molecule has 1 unspecified atom stereocenters. The van der Waals surface area contributed by atoms with Gasteiger partial charge >= 0.3 is 0 Å². The Morgan fingerprint density at radius 3 is 2.70 bits per heavy atom.